The Kier molecular flexibility index (Phi) is 3.01. The van der Waals surface area contributed by atoms with E-state index < -0.39 is 10.1 Å². The SMILES string of the molecule is Cc1ccc(S(=O)(=O)O)c(CC2COC2)c1. The zero-order chi connectivity index (χ0) is 11.8. The van der Waals surface area contributed by atoms with Crippen LogP contribution in [0.1, 0.15) is 11.1 Å². The fraction of sp³-hybridized carbons (Fsp3) is 0.455. The Morgan fingerprint density at radius 2 is 2.12 bits per heavy atom. The summed E-state index contributed by atoms with van der Waals surface area (Å²) < 4.78 is 36.5. The lowest BCUT2D eigenvalue weighted by molar-refractivity contribution is -0.0315. The fourth-order valence-electron chi connectivity index (χ4n) is 1.83. The fourth-order valence-corrected chi connectivity index (χ4v) is 2.55. The van der Waals surface area contributed by atoms with Crippen molar-refractivity contribution >= 4 is 10.1 Å². The molecule has 0 bridgehead atoms. The van der Waals surface area contributed by atoms with Crippen molar-refractivity contribution in [2.24, 2.45) is 5.92 Å². The van der Waals surface area contributed by atoms with E-state index in [0.717, 1.165) is 5.56 Å². The second-order valence-electron chi connectivity index (χ2n) is 4.19. The van der Waals surface area contributed by atoms with Crippen LogP contribution >= 0.6 is 0 Å². The van der Waals surface area contributed by atoms with E-state index in [9.17, 15) is 8.42 Å². The minimum atomic E-state index is -4.12. The summed E-state index contributed by atoms with van der Waals surface area (Å²) in [4.78, 5) is 0.0185. The monoisotopic (exact) mass is 242 g/mol. The first-order valence-corrected chi connectivity index (χ1v) is 6.55. The molecule has 1 aromatic carbocycles. The predicted octanol–water partition coefficient (Wildman–Crippen LogP) is 1.43. The van der Waals surface area contributed by atoms with Crippen molar-refractivity contribution in [1.29, 1.82) is 0 Å². The van der Waals surface area contributed by atoms with Gasteiger partial charge in [0.25, 0.3) is 10.1 Å². The van der Waals surface area contributed by atoms with E-state index in [2.05, 4.69) is 0 Å². The number of hydrogen-bond donors (Lipinski definition) is 1. The van der Waals surface area contributed by atoms with E-state index in [1.807, 2.05) is 6.92 Å². The summed E-state index contributed by atoms with van der Waals surface area (Å²) >= 11 is 0. The topological polar surface area (TPSA) is 63.6 Å². The van der Waals surface area contributed by atoms with Gasteiger partial charge in [-0.05, 0) is 25.0 Å². The Morgan fingerprint density at radius 3 is 2.62 bits per heavy atom. The van der Waals surface area contributed by atoms with Gasteiger partial charge in [-0.25, -0.2) is 0 Å². The highest BCUT2D eigenvalue weighted by molar-refractivity contribution is 7.85. The van der Waals surface area contributed by atoms with Gasteiger partial charge in [0.1, 0.15) is 0 Å². The molecule has 0 atom stereocenters. The third-order valence-corrected chi connectivity index (χ3v) is 3.66. The van der Waals surface area contributed by atoms with Crippen LogP contribution in [0.2, 0.25) is 0 Å². The molecular weight excluding hydrogens is 228 g/mol. The molecule has 0 amide bonds. The standard InChI is InChI=1S/C11H14O4S/c1-8-2-3-11(16(12,13)14)10(4-8)5-9-6-15-7-9/h2-4,9H,5-7H2,1H3,(H,12,13,14). The molecule has 88 valence electrons. The highest BCUT2D eigenvalue weighted by Crippen LogP contribution is 2.23. The summed E-state index contributed by atoms with van der Waals surface area (Å²) in [6, 6.07) is 4.95. The van der Waals surface area contributed by atoms with Gasteiger partial charge in [-0.1, -0.05) is 17.7 Å². The largest absolute Gasteiger partial charge is 0.381 e. The number of aryl methyl sites for hydroxylation is 1. The van der Waals surface area contributed by atoms with Gasteiger partial charge in [-0.3, -0.25) is 4.55 Å². The van der Waals surface area contributed by atoms with Gasteiger partial charge in [0.2, 0.25) is 0 Å². The number of benzene rings is 1. The van der Waals surface area contributed by atoms with Gasteiger partial charge in [0.05, 0.1) is 18.1 Å². The maximum atomic E-state index is 11.2. The molecule has 4 nitrogen and oxygen atoms in total. The molecule has 0 radical (unpaired) electrons. The summed E-state index contributed by atoms with van der Waals surface area (Å²) in [5, 5.41) is 0. The van der Waals surface area contributed by atoms with Crippen molar-refractivity contribution in [3.05, 3.63) is 29.3 Å². The van der Waals surface area contributed by atoms with Crippen molar-refractivity contribution in [2.45, 2.75) is 18.2 Å². The van der Waals surface area contributed by atoms with E-state index in [0.29, 0.717) is 31.1 Å². The Bertz CT molecular complexity index is 489. The average Bonchev–Trinajstić information content (AvgIpc) is 2.09. The molecule has 0 spiro atoms. The van der Waals surface area contributed by atoms with Crippen LogP contribution in [0.5, 0.6) is 0 Å². The second kappa shape index (κ2) is 4.16. The molecule has 1 fully saturated rings. The van der Waals surface area contributed by atoms with Crippen molar-refractivity contribution in [3.63, 3.8) is 0 Å². The predicted molar refractivity (Wildman–Crippen MR) is 59.0 cm³/mol. The van der Waals surface area contributed by atoms with E-state index in [-0.39, 0.29) is 4.90 Å². The van der Waals surface area contributed by atoms with E-state index >= 15 is 0 Å². The maximum absolute atomic E-state index is 11.2. The van der Waals surface area contributed by atoms with Crippen LogP contribution in [-0.4, -0.2) is 26.2 Å². The molecule has 2 rings (SSSR count). The van der Waals surface area contributed by atoms with Gasteiger partial charge >= 0.3 is 0 Å². The second-order valence-corrected chi connectivity index (χ2v) is 5.58. The molecule has 1 aliphatic heterocycles. The highest BCUT2D eigenvalue weighted by Gasteiger charge is 2.23. The first-order chi connectivity index (χ1) is 7.47. The number of rotatable bonds is 3. The molecular formula is C11H14O4S. The first kappa shape index (κ1) is 11.6. The zero-order valence-electron chi connectivity index (χ0n) is 9.01. The molecule has 1 heterocycles. The molecule has 16 heavy (non-hydrogen) atoms. The van der Waals surface area contributed by atoms with Gasteiger partial charge in [0.15, 0.2) is 0 Å². The Morgan fingerprint density at radius 1 is 1.44 bits per heavy atom. The lowest BCUT2D eigenvalue weighted by Gasteiger charge is -2.26. The lowest BCUT2D eigenvalue weighted by atomic mass is 9.97. The van der Waals surface area contributed by atoms with Crippen LogP contribution in [0.25, 0.3) is 0 Å². The van der Waals surface area contributed by atoms with Crippen LogP contribution in [0.3, 0.4) is 0 Å². The molecule has 1 saturated heterocycles. The third-order valence-electron chi connectivity index (χ3n) is 2.71. The minimum absolute atomic E-state index is 0.0185. The molecule has 1 aromatic rings. The van der Waals surface area contributed by atoms with Gasteiger partial charge in [-0.15, -0.1) is 0 Å². The summed E-state index contributed by atoms with van der Waals surface area (Å²) in [7, 11) is -4.12. The summed E-state index contributed by atoms with van der Waals surface area (Å²) in [6.45, 7) is 3.23. The summed E-state index contributed by atoms with van der Waals surface area (Å²) in [5.74, 6) is 0.363. The van der Waals surface area contributed by atoms with Crippen molar-refractivity contribution in [3.8, 4) is 0 Å². The Labute approximate surface area is 95.0 Å². The van der Waals surface area contributed by atoms with E-state index in [1.54, 1.807) is 12.1 Å². The molecule has 0 aromatic heterocycles. The van der Waals surface area contributed by atoms with Gasteiger partial charge in [0, 0.05) is 5.92 Å². The molecule has 1 aliphatic rings. The minimum Gasteiger partial charge on any atom is -0.381 e. The van der Waals surface area contributed by atoms with Crippen LogP contribution < -0.4 is 0 Å². The molecule has 0 unspecified atom stereocenters. The van der Waals surface area contributed by atoms with Gasteiger partial charge < -0.3 is 4.74 Å². The summed E-state index contributed by atoms with van der Waals surface area (Å²) in [6.07, 6.45) is 0.636. The first-order valence-electron chi connectivity index (χ1n) is 5.11. The number of hydrogen-bond acceptors (Lipinski definition) is 3. The van der Waals surface area contributed by atoms with Crippen molar-refractivity contribution < 1.29 is 17.7 Å². The maximum Gasteiger partial charge on any atom is 0.294 e. The van der Waals surface area contributed by atoms with E-state index in [1.165, 1.54) is 6.07 Å². The third kappa shape index (κ3) is 2.42. The lowest BCUT2D eigenvalue weighted by Crippen LogP contribution is -2.29. The zero-order valence-corrected chi connectivity index (χ0v) is 9.83. The highest BCUT2D eigenvalue weighted by atomic mass is 32.2. The van der Waals surface area contributed by atoms with E-state index in [4.69, 9.17) is 9.29 Å². The van der Waals surface area contributed by atoms with Crippen LogP contribution in [0.4, 0.5) is 0 Å². The van der Waals surface area contributed by atoms with Crippen LogP contribution in [0, 0.1) is 12.8 Å². The molecule has 0 saturated carbocycles. The normalized spacial score (nSPS) is 17.1. The summed E-state index contributed by atoms with van der Waals surface area (Å²) in [5.41, 5.74) is 1.67. The Hall–Kier alpha value is -0.910. The van der Waals surface area contributed by atoms with Gasteiger partial charge in [-0.2, -0.15) is 8.42 Å². The molecule has 0 aliphatic carbocycles. The Balaban J connectivity index is 2.35. The quantitative estimate of drug-likeness (QED) is 0.814. The molecule has 1 N–H and O–H groups in total. The smallest absolute Gasteiger partial charge is 0.294 e. The van der Waals surface area contributed by atoms with Crippen molar-refractivity contribution in [1.82, 2.24) is 0 Å². The number of ether oxygens (including phenoxy) is 1. The average molecular weight is 242 g/mol. The molecule has 5 heteroatoms. The van der Waals surface area contributed by atoms with Crippen LogP contribution in [0.15, 0.2) is 23.1 Å². The van der Waals surface area contributed by atoms with Crippen LogP contribution in [-0.2, 0) is 21.3 Å². The van der Waals surface area contributed by atoms with Crippen molar-refractivity contribution in [2.75, 3.05) is 13.2 Å².